The van der Waals surface area contributed by atoms with Crippen molar-refractivity contribution < 1.29 is 17.9 Å². The number of halogens is 3. The molecule has 1 heterocycles. The molecule has 1 aromatic rings. The summed E-state index contributed by atoms with van der Waals surface area (Å²) in [6, 6.07) is -0.0809. The Bertz CT molecular complexity index is 437. The van der Waals surface area contributed by atoms with Crippen LogP contribution in [0.1, 0.15) is 42.4 Å². The summed E-state index contributed by atoms with van der Waals surface area (Å²) in [6.07, 6.45) is 0.981. The second kappa shape index (κ2) is 5.83. The third kappa shape index (κ3) is 4.14. The molecule has 4 nitrogen and oxygen atoms in total. The Balaban J connectivity index is 2.02. The van der Waals surface area contributed by atoms with Crippen LogP contribution in [0.3, 0.4) is 0 Å². The molecule has 0 fully saturated rings. The highest BCUT2D eigenvalue weighted by molar-refractivity contribution is 5.22. The minimum atomic E-state index is -4.33. The Morgan fingerprint density at radius 2 is 2.16 bits per heavy atom. The lowest BCUT2D eigenvalue weighted by atomic mass is 10.1. The molecule has 0 spiro atoms. The van der Waals surface area contributed by atoms with Gasteiger partial charge in [0.15, 0.2) is 5.82 Å². The van der Waals surface area contributed by atoms with E-state index in [0.717, 1.165) is 36.9 Å². The highest BCUT2D eigenvalue weighted by Crippen LogP contribution is 2.25. The topological polar surface area (TPSA) is 61.0 Å². The van der Waals surface area contributed by atoms with E-state index in [4.69, 9.17) is 5.73 Å². The largest absolute Gasteiger partial charge is 0.411 e. The second-order valence-corrected chi connectivity index (χ2v) is 4.65. The predicted octanol–water partition coefficient (Wildman–Crippen LogP) is 2.28. The molecule has 0 aromatic carbocycles. The standard InChI is InChI=1S/C12H16F3N3O/c13-12(14,15)7-19-6-11-17-5-8-9(16)3-1-2-4-10(8)18-11/h5,9H,1-4,6-7,16H2. The Morgan fingerprint density at radius 3 is 2.89 bits per heavy atom. The molecule has 1 aromatic heterocycles. The summed E-state index contributed by atoms with van der Waals surface area (Å²) in [6.45, 7) is -1.52. The number of ether oxygens (including phenoxy) is 1. The van der Waals surface area contributed by atoms with E-state index >= 15 is 0 Å². The molecular formula is C12H16F3N3O. The Labute approximate surface area is 109 Å². The van der Waals surface area contributed by atoms with Gasteiger partial charge in [-0.2, -0.15) is 13.2 Å². The summed E-state index contributed by atoms with van der Waals surface area (Å²) in [5.74, 6) is 0.275. The van der Waals surface area contributed by atoms with Crippen LogP contribution >= 0.6 is 0 Å². The molecule has 1 aliphatic carbocycles. The van der Waals surface area contributed by atoms with Gasteiger partial charge in [-0.15, -0.1) is 0 Å². The van der Waals surface area contributed by atoms with E-state index in [1.165, 1.54) is 0 Å². The minimum absolute atomic E-state index is 0.0809. The maximum absolute atomic E-state index is 12.0. The van der Waals surface area contributed by atoms with Crippen LogP contribution in [0.5, 0.6) is 0 Å². The maximum atomic E-state index is 12.0. The maximum Gasteiger partial charge on any atom is 0.411 e. The van der Waals surface area contributed by atoms with Crippen molar-refractivity contribution in [2.45, 2.75) is 44.5 Å². The number of rotatable bonds is 3. The van der Waals surface area contributed by atoms with Gasteiger partial charge in [0.05, 0.1) is 0 Å². The zero-order valence-electron chi connectivity index (χ0n) is 10.4. The molecule has 1 atom stereocenters. The van der Waals surface area contributed by atoms with Crippen molar-refractivity contribution in [3.63, 3.8) is 0 Å². The average molecular weight is 275 g/mol. The molecular weight excluding hydrogens is 259 g/mol. The van der Waals surface area contributed by atoms with E-state index in [0.29, 0.717) is 0 Å². The van der Waals surface area contributed by atoms with E-state index in [9.17, 15) is 13.2 Å². The van der Waals surface area contributed by atoms with Crippen LogP contribution in [-0.4, -0.2) is 22.8 Å². The van der Waals surface area contributed by atoms with E-state index < -0.39 is 12.8 Å². The number of alkyl halides is 3. The Hall–Kier alpha value is -1.21. The SMILES string of the molecule is NC1CCCCc2nc(COCC(F)(F)F)ncc21. The summed E-state index contributed by atoms with van der Waals surface area (Å²) in [4.78, 5) is 8.28. The number of aryl methyl sites for hydroxylation is 1. The molecule has 19 heavy (non-hydrogen) atoms. The van der Waals surface area contributed by atoms with Gasteiger partial charge in [-0.25, -0.2) is 9.97 Å². The lowest BCUT2D eigenvalue weighted by molar-refractivity contribution is -0.177. The minimum Gasteiger partial charge on any atom is -0.364 e. The van der Waals surface area contributed by atoms with Gasteiger partial charge in [0.25, 0.3) is 0 Å². The smallest absolute Gasteiger partial charge is 0.364 e. The first-order chi connectivity index (χ1) is 8.96. The van der Waals surface area contributed by atoms with Gasteiger partial charge in [0, 0.05) is 23.5 Å². The summed E-state index contributed by atoms with van der Waals surface area (Å²) in [5.41, 5.74) is 7.73. The van der Waals surface area contributed by atoms with E-state index in [1.807, 2.05) is 0 Å². The molecule has 0 saturated carbocycles. The normalized spacial score (nSPS) is 19.9. The van der Waals surface area contributed by atoms with Crippen LogP contribution in [0, 0.1) is 0 Å². The Morgan fingerprint density at radius 1 is 1.37 bits per heavy atom. The molecule has 2 N–H and O–H groups in total. The van der Waals surface area contributed by atoms with Crippen LogP contribution in [0.25, 0.3) is 0 Å². The van der Waals surface area contributed by atoms with Gasteiger partial charge in [0.1, 0.15) is 13.2 Å². The molecule has 0 radical (unpaired) electrons. The van der Waals surface area contributed by atoms with Crippen LogP contribution in [0.2, 0.25) is 0 Å². The molecule has 0 amide bonds. The third-order valence-corrected chi connectivity index (χ3v) is 3.02. The van der Waals surface area contributed by atoms with Crippen molar-refractivity contribution in [1.82, 2.24) is 9.97 Å². The number of hydrogen-bond acceptors (Lipinski definition) is 4. The molecule has 1 unspecified atom stereocenters. The summed E-state index contributed by atoms with van der Waals surface area (Å²) < 4.78 is 40.4. The zero-order chi connectivity index (χ0) is 13.9. The predicted molar refractivity (Wildman–Crippen MR) is 62.2 cm³/mol. The van der Waals surface area contributed by atoms with E-state index in [2.05, 4.69) is 14.7 Å². The van der Waals surface area contributed by atoms with Crippen molar-refractivity contribution in [1.29, 1.82) is 0 Å². The molecule has 1 aliphatic rings. The van der Waals surface area contributed by atoms with Crippen molar-refractivity contribution >= 4 is 0 Å². The van der Waals surface area contributed by atoms with Gasteiger partial charge in [-0.1, -0.05) is 6.42 Å². The van der Waals surface area contributed by atoms with Gasteiger partial charge >= 0.3 is 6.18 Å². The lowest BCUT2D eigenvalue weighted by Crippen LogP contribution is -2.18. The van der Waals surface area contributed by atoms with Crippen molar-refractivity contribution in [2.75, 3.05) is 6.61 Å². The lowest BCUT2D eigenvalue weighted by Gasteiger charge is -2.12. The van der Waals surface area contributed by atoms with Crippen molar-refractivity contribution in [2.24, 2.45) is 5.73 Å². The molecule has 106 valence electrons. The monoisotopic (exact) mass is 275 g/mol. The van der Waals surface area contributed by atoms with Crippen LogP contribution in [-0.2, 0) is 17.8 Å². The zero-order valence-corrected chi connectivity index (χ0v) is 10.4. The number of hydrogen-bond donors (Lipinski definition) is 1. The number of nitrogens with zero attached hydrogens (tertiary/aromatic N) is 2. The summed E-state index contributed by atoms with van der Waals surface area (Å²) >= 11 is 0. The fourth-order valence-corrected chi connectivity index (χ4v) is 2.12. The highest BCUT2D eigenvalue weighted by Gasteiger charge is 2.27. The van der Waals surface area contributed by atoms with E-state index in [1.54, 1.807) is 6.20 Å². The third-order valence-electron chi connectivity index (χ3n) is 3.02. The number of fused-ring (bicyclic) bond motifs is 1. The van der Waals surface area contributed by atoms with Crippen molar-refractivity contribution in [3.05, 3.63) is 23.3 Å². The number of nitrogens with two attached hydrogens (primary N) is 1. The molecule has 2 rings (SSSR count). The first-order valence-corrected chi connectivity index (χ1v) is 6.20. The summed E-state index contributed by atoms with van der Waals surface area (Å²) in [5, 5.41) is 0. The van der Waals surface area contributed by atoms with Crippen LogP contribution in [0.4, 0.5) is 13.2 Å². The molecule has 0 bridgehead atoms. The number of aromatic nitrogens is 2. The molecule has 0 saturated heterocycles. The Kier molecular flexibility index (Phi) is 4.36. The summed E-state index contributed by atoms with van der Waals surface area (Å²) in [7, 11) is 0. The fraction of sp³-hybridized carbons (Fsp3) is 0.667. The average Bonchev–Trinajstić information content (AvgIpc) is 2.50. The highest BCUT2D eigenvalue weighted by atomic mass is 19.4. The van der Waals surface area contributed by atoms with Gasteiger partial charge in [-0.3, -0.25) is 0 Å². The first-order valence-electron chi connectivity index (χ1n) is 6.20. The first kappa shape index (κ1) is 14.2. The fourth-order valence-electron chi connectivity index (χ4n) is 2.12. The van der Waals surface area contributed by atoms with Gasteiger partial charge < -0.3 is 10.5 Å². The molecule has 7 heteroatoms. The van der Waals surface area contributed by atoms with Crippen molar-refractivity contribution in [3.8, 4) is 0 Å². The van der Waals surface area contributed by atoms with E-state index in [-0.39, 0.29) is 18.5 Å². The quantitative estimate of drug-likeness (QED) is 0.860. The van der Waals surface area contributed by atoms with Gasteiger partial charge in [0.2, 0.25) is 0 Å². The van der Waals surface area contributed by atoms with Crippen LogP contribution in [0.15, 0.2) is 6.20 Å². The van der Waals surface area contributed by atoms with Gasteiger partial charge in [-0.05, 0) is 19.3 Å². The van der Waals surface area contributed by atoms with Crippen LogP contribution < -0.4 is 5.73 Å². The molecule has 0 aliphatic heterocycles. The second-order valence-electron chi connectivity index (χ2n) is 4.65.